The Bertz CT molecular complexity index is 5300. The highest BCUT2D eigenvalue weighted by atomic mass is 32.3. The molecule has 2 aliphatic heterocycles. The fourth-order valence-electron chi connectivity index (χ4n) is 15.6. The maximum atomic E-state index is 20.5. The molecule has 0 N–H and O–H groups in total. The molecular formula is C96H68N4OS. The van der Waals surface area contributed by atoms with E-state index in [1.54, 1.807) is 0 Å². The fourth-order valence-corrected chi connectivity index (χ4v) is 20.8. The molecule has 0 aliphatic carbocycles. The Morgan fingerprint density at radius 1 is 0.157 bits per heavy atom. The van der Waals surface area contributed by atoms with Crippen LogP contribution >= 0.6 is 0 Å². The quantitative estimate of drug-likeness (QED) is 0.0962. The van der Waals surface area contributed by atoms with Gasteiger partial charge in [0.1, 0.15) is 0 Å². The Morgan fingerprint density at radius 3 is 0.657 bits per heavy atom. The minimum absolute atomic E-state index is 0.770. The summed E-state index contributed by atoms with van der Waals surface area (Å²) in [6.45, 7) is 0. The molecular weight excluding hydrogens is 1260 g/mol. The van der Waals surface area contributed by atoms with E-state index in [1.165, 1.54) is 0 Å². The van der Waals surface area contributed by atoms with Crippen LogP contribution in [0.25, 0.3) is 66.8 Å². The molecule has 6 heteroatoms. The average Bonchev–Trinajstić information content (AvgIpc) is 1.47. The molecule has 0 bridgehead atoms. The lowest BCUT2D eigenvalue weighted by molar-refractivity contribution is 0.658. The van der Waals surface area contributed by atoms with Crippen LogP contribution in [0, 0.1) is 0 Å². The zero-order valence-corrected chi connectivity index (χ0v) is 56.7. The van der Waals surface area contributed by atoms with Gasteiger partial charge in [0.2, 0.25) is 0 Å². The van der Waals surface area contributed by atoms with Gasteiger partial charge >= 0.3 is 0 Å². The maximum absolute atomic E-state index is 20.5. The second kappa shape index (κ2) is 25.6. The number of rotatable bonds is 16. The summed E-state index contributed by atoms with van der Waals surface area (Å²) in [5, 5.41) is 0. The van der Waals surface area contributed by atoms with Crippen LogP contribution in [0.1, 0.15) is 0 Å². The smallest absolute Gasteiger partial charge is 0.0540 e. The molecule has 0 amide bonds. The minimum atomic E-state index is -4.90. The van der Waals surface area contributed by atoms with E-state index in [0.29, 0.717) is 0 Å². The van der Waals surface area contributed by atoms with Crippen molar-refractivity contribution in [3.05, 3.63) is 413 Å². The third-order valence-electron chi connectivity index (χ3n) is 20.1. The molecule has 1 spiro atoms. The highest BCUT2D eigenvalue weighted by Crippen LogP contribution is 2.72. The standard InChI is InChI=1S/C96H68N4OS/c101-102(93-65-70(69-32-31-49-82(64-69)97(74-33-9-1-10-34-74)75-35-11-2-12-36-75)56-60-86(93)87-61-57-71(66-94(87)102)83-50-25-28-53-90(83)98(76-37-13-3-14-38-76)77-39-15-4-16-40-77)95-67-72(84-51-26-29-54-91(84)99(78-41-17-5-18-42-78)79-43-19-6-20-44-79)58-62-88(95)89-63-59-73(68-96(89)102)85-52-27-30-55-92(85)100(80-45-21-7-22-46-80)81-47-23-8-24-48-81/h1-68H. The van der Waals surface area contributed by atoms with Crippen molar-refractivity contribution < 1.29 is 4.21 Å². The first-order valence-corrected chi connectivity index (χ1v) is 36.7. The number of fused-ring (bicyclic) bond motifs is 10. The number of hydrogen-bond donors (Lipinski definition) is 0. The van der Waals surface area contributed by atoms with Crippen molar-refractivity contribution in [3.8, 4) is 66.8 Å². The molecule has 0 unspecified atom stereocenters. The summed E-state index contributed by atoms with van der Waals surface area (Å²) < 4.78 is 20.5. The lowest BCUT2D eigenvalue weighted by atomic mass is 9.96. The average molecular weight is 1330 g/mol. The summed E-state index contributed by atoms with van der Waals surface area (Å²) in [5.41, 5.74) is 23.7. The van der Waals surface area contributed by atoms with E-state index in [1.807, 2.05) is 0 Å². The van der Waals surface area contributed by atoms with E-state index in [-0.39, 0.29) is 0 Å². The first-order chi connectivity index (χ1) is 50.5. The normalized spacial score (nSPS) is 13.0. The van der Waals surface area contributed by atoms with Crippen molar-refractivity contribution in [2.24, 2.45) is 0 Å². The van der Waals surface area contributed by atoms with E-state index >= 15 is 4.21 Å². The van der Waals surface area contributed by atoms with Gasteiger partial charge in [-0.15, -0.1) is 0 Å². The first kappa shape index (κ1) is 61.2. The summed E-state index contributed by atoms with van der Waals surface area (Å²) in [5.74, 6) is 0. The molecule has 0 fully saturated rings. The van der Waals surface area contributed by atoms with Gasteiger partial charge in [0, 0.05) is 96.5 Å². The zero-order valence-electron chi connectivity index (χ0n) is 55.9. The van der Waals surface area contributed by atoms with Gasteiger partial charge in [0.25, 0.3) is 0 Å². The van der Waals surface area contributed by atoms with Crippen LogP contribution in [-0.4, -0.2) is 4.21 Å². The second-order valence-corrected chi connectivity index (χ2v) is 29.6. The molecule has 0 aromatic heterocycles. The van der Waals surface area contributed by atoms with Crippen LogP contribution < -0.4 is 19.6 Å². The molecule has 5 nitrogen and oxygen atoms in total. The van der Waals surface area contributed by atoms with E-state index < -0.39 is 9.07 Å². The molecule has 16 aromatic carbocycles. The molecule has 0 radical (unpaired) electrons. The van der Waals surface area contributed by atoms with Gasteiger partial charge in [0.15, 0.2) is 0 Å². The zero-order chi connectivity index (χ0) is 68.0. The summed E-state index contributed by atoms with van der Waals surface area (Å²) >= 11 is 0. The molecule has 484 valence electrons. The van der Waals surface area contributed by atoms with Crippen molar-refractivity contribution in [3.63, 3.8) is 0 Å². The van der Waals surface area contributed by atoms with Crippen molar-refractivity contribution in [2.45, 2.75) is 19.6 Å². The number of hydrogen-bond acceptors (Lipinski definition) is 5. The topological polar surface area (TPSA) is 30.0 Å². The van der Waals surface area contributed by atoms with Gasteiger partial charge < -0.3 is 19.6 Å². The monoisotopic (exact) mass is 1320 g/mol. The van der Waals surface area contributed by atoms with Crippen molar-refractivity contribution in [2.75, 3.05) is 19.6 Å². The third kappa shape index (κ3) is 10.3. The first-order valence-electron chi connectivity index (χ1n) is 34.7. The predicted molar refractivity (Wildman–Crippen MR) is 425 cm³/mol. The van der Waals surface area contributed by atoms with E-state index in [2.05, 4.69) is 432 Å². The van der Waals surface area contributed by atoms with Gasteiger partial charge in [-0.1, -0.05) is 261 Å². The van der Waals surface area contributed by atoms with Crippen LogP contribution in [0.5, 0.6) is 0 Å². The van der Waals surface area contributed by atoms with E-state index in [4.69, 9.17) is 0 Å². The SMILES string of the molecule is O=S12(c3cc(-c4cccc(N(c5ccccc5)c5ccccc5)c4)ccc3-c3ccc(-c4ccccc4N(c4ccccc4)c4ccccc4)cc31)c1cc(-c3ccccc3N(c3ccccc3)c3ccccc3)ccc1-c1ccc(-c3ccccc3N(c3ccccc3)c3ccccc3)cc12. The lowest BCUT2D eigenvalue weighted by Crippen LogP contribution is -2.30. The van der Waals surface area contributed by atoms with Crippen LogP contribution in [0.2, 0.25) is 0 Å². The number of para-hydroxylation sites is 11. The summed E-state index contributed by atoms with van der Waals surface area (Å²) in [7, 11) is -4.90. The Balaban J connectivity index is 0.929. The van der Waals surface area contributed by atoms with E-state index in [0.717, 1.165) is 155 Å². The molecule has 0 atom stereocenters. The summed E-state index contributed by atoms with van der Waals surface area (Å²) in [6, 6.07) is 147. The van der Waals surface area contributed by atoms with Crippen LogP contribution in [-0.2, 0) is 9.07 Å². The van der Waals surface area contributed by atoms with Crippen LogP contribution in [0.4, 0.5) is 68.2 Å². The van der Waals surface area contributed by atoms with E-state index in [9.17, 15) is 0 Å². The highest BCUT2D eigenvalue weighted by molar-refractivity contribution is 8.21. The molecule has 2 aliphatic rings. The third-order valence-corrected chi connectivity index (χ3v) is 24.8. The Labute approximate surface area is 596 Å². The van der Waals surface area contributed by atoms with Crippen LogP contribution in [0.15, 0.2) is 432 Å². The molecule has 18 rings (SSSR count). The van der Waals surface area contributed by atoms with Gasteiger partial charge in [-0.2, -0.15) is 0 Å². The maximum Gasteiger partial charge on any atom is 0.0540 e. The van der Waals surface area contributed by atoms with Crippen molar-refractivity contribution >= 4 is 77.3 Å². The van der Waals surface area contributed by atoms with Crippen LogP contribution in [0.3, 0.4) is 0 Å². The Morgan fingerprint density at radius 2 is 0.373 bits per heavy atom. The highest BCUT2D eigenvalue weighted by Gasteiger charge is 2.58. The molecule has 0 saturated carbocycles. The minimum Gasteiger partial charge on any atom is -0.310 e. The summed E-state index contributed by atoms with van der Waals surface area (Å²) in [4.78, 5) is 12.4. The molecule has 102 heavy (non-hydrogen) atoms. The fraction of sp³-hybridized carbons (Fsp3) is 0. The lowest BCUT2D eigenvalue weighted by Gasteiger charge is -2.40. The van der Waals surface area contributed by atoms with Gasteiger partial charge in [-0.05, 0) is 202 Å². The second-order valence-electron chi connectivity index (χ2n) is 25.9. The van der Waals surface area contributed by atoms with Crippen molar-refractivity contribution in [1.29, 1.82) is 0 Å². The van der Waals surface area contributed by atoms with Gasteiger partial charge in [-0.25, -0.2) is 0 Å². The Hall–Kier alpha value is -13.1. The molecule has 2 heterocycles. The largest absolute Gasteiger partial charge is 0.310 e. The van der Waals surface area contributed by atoms with Crippen molar-refractivity contribution in [1.82, 2.24) is 0 Å². The number of nitrogens with zero attached hydrogens (tertiary/aromatic N) is 4. The predicted octanol–water partition coefficient (Wildman–Crippen LogP) is 26.6. The van der Waals surface area contributed by atoms with Gasteiger partial charge in [-0.3, -0.25) is 4.21 Å². The summed E-state index contributed by atoms with van der Waals surface area (Å²) in [6.07, 6.45) is 0. The van der Waals surface area contributed by atoms with Gasteiger partial charge in [0.05, 0.1) is 17.1 Å². The molecule has 0 saturated heterocycles. The number of benzene rings is 16. The molecule has 16 aromatic rings. The number of anilines is 12. The Kier molecular flexibility index (Phi) is 15.4.